The molecule has 1 aromatic carbocycles. The summed E-state index contributed by atoms with van der Waals surface area (Å²) in [7, 11) is 1.64. The molecule has 0 radical (unpaired) electrons. The lowest BCUT2D eigenvalue weighted by atomic mass is 10.0. The van der Waals surface area contributed by atoms with Gasteiger partial charge in [-0.25, -0.2) is 4.98 Å². The predicted octanol–water partition coefficient (Wildman–Crippen LogP) is 3.80. The van der Waals surface area contributed by atoms with Crippen LogP contribution < -0.4 is 4.74 Å². The molecule has 3 nitrogen and oxygen atoms in total. The first-order valence-electron chi connectivity index (χ1n) is 6.43. The first-order chi connectivity index (χ1) is 9.33. The molecule has 3 heteroatoms. The average Bonchev–Trinajstić information content (AvgIpc) is 2.86. The lowest BCUT2D eigenvalue weighted by molar-refractivity contribution is 0.398. The van der Waals surface area contributed by atoms with Crippen LogP contribution in [0.15, 0.2) is 42.6 Å². The molecule has 0 saturated carbocycles. The zero-order valence-corrected chi connectivity index (χ0v) is 11.1. The molecule has 19 heavy (non-hydrogen) atoms. The molecule has 96 valence electrons. The minimum absolute atomic E-state index is 0.637. The first-order valence-corrected chi connectivity index (χ1v) is 6.43. The highest BCUT2D eigenvalue weighted by atomic mass is 16.5. The number of aromatic amines is 1. The van der Waals surface area contributed by atoms with Gasteiger partial charge in [0.25, 0.3) is 0 Å². The van der Waals surface area contributed by atoms with E-state index in [-0.39, 0.29) is 0 Å². The fourth-order valence-electron chi connectivity index (χ4n) is 2.49. The molecule has 0 atom stereocenters. The van der Waals surface area contributed by atoms with Crippen molar-refractivity contribution in [2.45, 2.75) is 13.3 Å². The standard InChI is InChI=1S/C16H16N2O/c1-3-12-13-6-4-5-7-14(13)18-16(12)11-8-9-17-15(10-11)19-2/h4-10,18H,3H2,1-2H3. The minimum Gasteiger partial charge on any atom is -0.481 e. The van der Waals surface area contributed by atoms with E-state index in [9.17, 15) is 0 Å². The van der Waals surface area contributed by atoms with E-state index >= 15 is 0 Å². The first kappa shape index (κ1) is 11.8. The van der Waals surface area contributed by atoms with E-state index in [2.05, 4.69) is 41.2 Å². The summed E-state index contributed by atoms with van der Waals surface area (Å²) in [5, 5.41) is 1.29. The van der Waals surface area contributed by atoms with Gasteiger partial charge in [0.15, 0.2) is 0 Å². The van der Waals surface area contributed by atoms with Gasteiger partial charge in [0.05, 0.1) is 7.11 Å². The molecule has 1 N–H and O–H groups in total. The second-order valence-corrected chi connectivity index (χ2v) is 4.46. The zero-order chi connectivity index (χ0) is 13.2. The van der Waals surface area contributed by atoms with Crippen molar-refractivity contribution < 1.29 is 4.74 Å². The Morgan fingerprint density at radius 3 is 2.84 bits per heavy atom. The lowest BCUT2D eigenvalue weighted by Crippen LogP contribution is -1.89. The van der Waals surface area contributed by atoms with Crippen molar-refractivity contribution in [1.82, 2.24) is 9.97 Å². The number of benzene rings is 1. The Kier molecular flexibility index (Phi) is 2.95. The summed E-state index contributed by atoms with van der Waals surface area (Å²) in [4.78, 5) is 7.66. The molecular formula is C16H16N2O. The molecular weight excluding hydrogens is 236 g/mol. The van der Waals surface area contributed by atoms with Gasteiger partial charge in [-0.2, -0.15) is 0 Å². The molecule has 0 aliphatic carbocycles. The van der Waals surface area contributed by atoms with Gasteiger partial charge in [0, 0.05) is 34.4 Å². The van der Waals surface area contributed by atoms with Crippen LogP contribution in [0.4, 0.5) is 0 Å². The Morgan fingerprint density at radius 1 is 1.21 bits per heavy atom. The van der Waals surface area contributed by atoms with Crippen LogP contribution in [0.5, 0.6) is 5.88 Å². The second-order valence-electron chi connectivity index (χ2n) is 4.46. The summed E-state index contributed by atoms with van der Waals surface area (Å²) in [6, 6.07) is 12.4. The number of nitrogens with zero attached hydrogens (tertiary/aromatic N) is 1. The summed E-state index contributed by atoms with van der Waals surface area (Å²) in [6.07, 6.45) is 2.77. The fraction of sp³-hybridized carbons (Fsp3) is 0.188. The number of pyridine rings is 1. The smallest absolute Gasteiger partial charge is 0.213 e. The highest BCUT2D eigenvalue weighted by molar-refractivity contribution is 5.90. The highest BCUT2D eigenvalue weighted by Gasteiger charge is 2.11. The highest BCUT2D eigenvalue weighted by Crippen LogP contribution is 2.31. The van der Waals surface area contributed by atoms with E-state index in [4.69, 9.17) is 4.74 Å². The Hall–Kier alpha value is -2.29. The van der Waals surface area contributed by atoms with Crippen LogP contribution in [0.2, 0.25) is 0 Å². The number of nitrogens with one attached hydrogen (secondary N) is 1. The Balaban J connectivity index is 2.23. The van der Waals surface area contributed by atoms with Crippen LogP contribution in [-0.2, 0) is 6.42 Å². The van der Waals surface area contributed by atoms with Crippen molar-refractivity contribution in [3.63, 3.8) is 0 Å². The van der Waals surface area contributed by atoms with Crippen LogP contribution in [0.1, 0.15) is 12.5 Å². The third-order valence-electron chi connectivity index (χ3n) is 3.40. The van der Waals surface area contributed by atoms with Gasteiger partial charge in [0.1, 0.15) is 0 Å². The third kappa shape index (κ3) is 1.97. The molecule has 0 aliphatic rings. The maximum absolute atomic E-state index is 5.20. The van der Waals surface area contributed by atoms with E-state index in [1.54, 1.807) is 13.3 Å². The van der Waals surface area contributed by atoms with Gasteiger partial charge in [-0.1, -0.05) is 25.1 Å². The Labute approximate surface area is 112 Å². The van der Waals surface area contributed by atoms with E-state index in [0.29, 0.717) is 5.88 Å². The lowest BCUT2D eigenvalue weighted by Gasteiger charge is -2.04. The molecule has 3 rings (SSSR count). The average molecular weight is 252 g/mol. The predicted molar refractivity (Wildman–Crippen MR) is 77.5 cm³/mol. The van der Waals surface area contributed by atoms with Crippen molar-refractivity contribution in [1.29, 1.82) is 0 Å². The molecule has 0 saturated heterocycles. The maximum atomic E-state index is 5.20. The number of fused-ring (bicyclic) bond motifs is 1. The summed E-state index contributed by atoms with van der Waals surface area (Å²) in [5.41, 5.74) is 4.78. The molecule has 0 unspecified atom stereocenters. The van der Waals surface area contributed by atoms with Crippen molar-refractivity contribution in [3.8, 4) is 17.1 Å². The Bertz CT molecular complexity index is 716. The summed E-state index contributed by atoms with van der Waals surface area (Å²) in [5.74, 6) is 0.637. The molecule has 0 fully saturated rings. The molecule has 0 spiro atoms. The van der Waals surface area contributed by atoms with E-state index in [1.807, 2.05) is 12.1 Å². The summed E-state index contributed by atoms with van der Waals surface area (Å²) >= 11 is 0. The van der Waals surface area contributed by atoms with E-state index < -0.39 is 0 Å². The number of aromatic nitrogens is 2. The van der Waals surface area contributed by atoms with Gasteiger partial charge in [-0.15, -0.1) is 0 Å². The number of aryl methyl sites for hydroxylation is 1. The van der Waals surface area contributed by atoms with Crippen LogP contribution >= 0.6 is 0 Å². The van der Waals surface area contributed by atoms with Crippen LogP contribution in [0.3, 0.4) is 0 Å². The zero-order valence-electron chi connectivity index (χ0n) is 11.1. The summed E-state index contributed by atoms with van der Waals surface area (Å²) in [6.45, 7) is 2.18. The largest absolute Gasteiger partial charge is 0.481 e. The van der Waals surface area contributed by atoms with Crippen LogP contribution in [0, 0.1) is 0 Å². The van der Waals surface area contributed by atoms with Gasteiger partial charge < -0.3 is 9.72 Å². The number of ether oxygens (including phenoxy) is 1. The number of methoxy groups -OCH3 is 1. The Morgan fingerprint density at radius 2 is 2.05 bits per heavy atom. The SMILES string of the molecule is CCc1c(-c2ccnc(OC)c2)[nH]c2ccccc12. The number of hydrogen-bond acceptors (Lipinski definition) is 2. The topological polar surface area (TPSA) is 37.9 Å². The van der Waals surface area contributed by atoms with Gasteiger partial charge in [0.2, 0.25) is 5.88 Å². The quantitative estimate of drug-likeness (QED) is 0.770. The van der Waals surface area contributed by atoms with E-state index in [0.717, 1.165) is 17.7 Å². The minimum atomic E-state index is 0.637. The van der Waals surface area contributed by atoms with Crippen molar-refractivity contribution in [2.24, 2.45) is 0 Å². The van der Waals surface area contributed by atoms with Crippen LogP contribution in [0.25, 0.3) is 22.2 Å². The van der Waals surface area contributed by atoms with Gasteiger partial charge >= 0.3 is 0 Å². The second kappa shape index (κ2) is 4.76. The fourth-order valence-corrected chi connectivity index (χ4v) is 2.49. The molecule has 3 aromatic rings. The molecule has 2 heterocycles. The van der Waals surface area contributed by atoms with Crippen LogP contribution in [-0.4, -0.2) is 17.1 Å². The van der Waals surface area contributed by atoms with E-state index in [1.165, 1.54) is 16.5 Å². The maximum Gasteiger partial charge on any atom is 0.213 e. The number of para-hydroxylation sites is 1. The van der Waals surface area contributed by atoms with Crippen molar-refractivity contribution in [3.05, 3.63) is 48.2 Å². The number of hydrogen-bond donors (Lipinski definition) is 1. The normalized spacial score (nSPS) is 10.8. The number of H-pyrrole nitrogens is 1. The molecule has 0 aliphatic heterocycles. The monoisotopic (exact) mass is 252 g/mol. The summed E-state index contributed by atoms with van der Waals surface area (Å²) < 4.78 is 5.20. The van der Waals surface area contributed by atoms with Crippen molar-refractivity contribution >= 4 is 10.9 Å². The van der Waals surface area contributed by atoms with Gasteiger partial charge in [-0.05, 0) is 24.1 Å². The molecule has 0 amide bonds. The molecule has 2 aromatic heterocycles. The molecule has 0 bridgehead atoms. The third-order valence-corrected chi connectivity index (χ3v) is 3.40. The number of rotatable bonds is 3. The van der Waals surface area contributed by atoms with Gasteiger partial charge in [-0.3, -0.25) is 0 Å². The van der Waals surface area contributed by atoms with Crippen molar-refractivity contribution in [2.75, 3.05) is 7.11 Å².